The van der Waals surface area contributed by atoms with Crippen molar-refractivity contribution < 1.29 is 23.6 Å². The van der Waals surface area contributed by atoms with Crippen LogP contribution in [0, 0.1) is 17.0 Å². The molecular formula is C20H16ClNO7. The average molecular weight is 418 g/mol. The Labute approximate surface area is 169 Å². The van der Waals surface area contributed by atoms with E-state index in [0.29, 0.717) is 27.3 Å². The number of benzene rings is 2. The van der Waals surface area contributed by atoms with E-state index in [9.17, 15) is 19.7 Å². The largest absolute Gasteiger partial charge is 0.487 e. The van der Waals surface area contributed by atoms with Gasteiger partial charge in [-0.05, 0) is 36.2 Å². The van der Waals surface area contributed by atoms with Crippen molar-refractivity contribution in [2.45, 2.75) is 20.0 Å². The summed E-state index contributed by atoms with van der Waals surface area (Å²) in [5, 5.41) is 11.6. The monoisotopic (exact) mass is 417 g/mol. The highest BCUT2D eigenvalue weighted by Gasteiger charge is 2.17. The highest BCUT2D eigenvalue weighted by Crippen LogP contribution is 2.32. The molecule has 29 heavy (non-hydrogen) atoms. The van der Waals surface area contributed by atoms with Gasteiger partial charge in [0, 0.05) is 23.6 Å². The van der Waals surface area contributed by atoms with Crippen LogP contribution in [0.25, 0.3) is 11.0 Å². The van der Waals surface area contributed by atoms with Gasteiger partial charge in [0.05, 0.1) is 29.0 Å². The molecular weight excluding hydrogens is 402 g/mol. The maximum atomic E-state index is 12.3. The predicted octanol–water partition coefficient (Wildman–Crippen LogP) is 3.96. The fraction of sp³-hybridized carbons (Fsp3) is 0.200. The van der Waals surface area contributed by atoms with Crippen molar-refractivity contribution in [2.75, 3.05) is 7.11 Å². The van der Waals surface area contributed by atoms with Crippen molar-refractivity contribution in [3.05, 3.63) is 78.6 Å². The van der Waals surface area contributed by atoms with Crippen molar-refractivity contribution >= 4 is 34.2 Å². The minimum Gasteiger partial charge on any atom is -0.487 e. The van der Waals surface area contributed by atoms with Crippen LogP contribution < -0.4 is 10.4 Å². The van der Waals surface area contributed by atoms with Crippen LogP contribution in [0.4, 0.5) is 5.69 Å². The van der Waals surface area contributed by atoms with Crippen LogP contribution in [0.5, 0.6) is 5.75 Å². The number of nitro benzene ring substituents is 1. The van der Waals surface area contributed by atoms with Crippen molar-refractivity contribution in [2.24, 2.45) is 0 Å². The molecule has 0 saturated heterocycles. The summed E-state index contributed by atoms with van der Waals surface area (Å²) in [6.45, 7) is 1.82. The Morgan fingerprint density at radius 1 is 1.24 bits per heavy atom. The molecule has 2 aromatic carbocycles. The van der Waals surface area contributed by atoms with Gasteiger partial charge in [0.25, 0.3) is 5.69 Å². The number of non-ortho nitro benzene ring substituents is 1. The number of nitro groups is 1. The quantitative estimate of drug-likeness (QED) is 0.258. The van der Waals surface area contributed by atoms with Crippen molar-refractivity contribution in [1.29, 1.82) is 0 Å². The smallest absolute Gasteiger partial charge is 0.340 e. The lowest BCUT2D eigenvalue weighted by Crippen LogP contribution is -2.16. The van der Waals surface area contributed by atoms with E-state index in [1.807, 2.05) is 0 Å². The van der Waals surface area contributed by atoms with E-state index in [1.54, 1.807) is 25.1 Å². The van der Waals surface area contributed by atoms with Gasteiger partial charge in [-0.2, -0.15) is 0 Å². The molecule has 0 aliphatic carbocycles. The van der Waals surface area contributed by atoms with Crippen LogP contribution in [0.2, 0.25) is 5.02 Å². The highest BCUT2D eigenvalue weighted by molar-refractivity contribution is 6.32. The van der Waals surface area contributed by atoms with E-state index in [0.717, 1.165) is 0 Å². The van der Waals surface area contributed by atoms with Gasteiger partial charge in [-0.3, -0.25) is 14.9 Å². The van der Waals surface area contributed by atoms with E-state index in [2.05, 4.69) is 4.74 Å². The lowest BCUT2D eigenvalue weighted by molar-refractivity contribution is -0.384. The molecule has 0 atom stereocenters. The van der Waals surface area contributed by atoms with Crippen LogP contribution in [-0.4, -0.2) is 18.0 Å². The van der Waals surface area contributed by atoms with Gasteiger partial charge in [0.2, 0.25) is 0 Å². The molecule has 9 heteroatoms. The summed E-state index contributed by atoms with van der Waals surface area (Å²) >= 11 is 6.31. The number of hydrogen-bond donors (Lipinski definition) is 0. The van der Waals surface area contributed by atoms with Crippen LogP contribution in [0.15, 0.2) is 45.6 Å². The first-order valence-corrected chi connectivity index (χ1v) is 8.86. The van der Waals surface area contributed by atoms with Gasteiger partial charge < -0.3 is 13.9 Å². The second-order valence-electron chi connectivity index (χ2n) is 6.24. The molecule has 0 bridgehead atoms. The molecule has 3 aromatic rings. The zero-order chi connectivity index (χ0) is 21.1. The molecule has 0 unspecified atom stereocenters. The number of aryl methyl sites for hydroxylation is 1. The van der Waals surface area contributed by atoms with E-state index < -0.39 is 16.5 Å². The normalized spacial score (nSPS) is 10.7. The summed E-state index contributed by atoms with van der Waals surface area (Å²) in [5.74, 6) is -0.255. The van der Waals surface area contributed by atoms with Gasteiger partial charge in [-0.25, -0.2) is 4.79 Å². The first kappa shape index (κ1) is 20.3. The van der Waals surface area contributed by atoms with Gasteiger partial charge in [0.15, 0.2) is 0 Å². The molecule has 0 aliphatic heterocycles. The molecule has 0 N–H and O–H groups in total. The Balaban J connectivity index is 1.89. The second kappa shape index (κ2) is 8.32. The van der Waals surface area contributed by atoms with Crippen LogP contribution in [-0.2, 0) is 22.6 Å². The summed E-state index contributed by atoms with van der Waals surface area (Å²) in [4.78, 5) is 34.0. The molecule has 150 valence electrons. The van der Waals surface area contributed by atoms with Crippen molar-refractivity contribution in [3.8, 4) is 5.75 Å². The fourth-order valence-electron chi connectivity index (χ4n) is 2.80. The number of ether oxygens (including phenoxy) is 2. The molecule has 1 aromatic heterocycles. The molecule has 0 saturated carbocycles. The van der Waals surface area contributed by atoms with E-state index in [-0.39, 0.29) is 29.9 Å². The molecule has 8 nitrogen and oxygen atoms in total. The molecule has 0 aliphatic rings. The van der Waals surface area contributed by atoms with E-state index in [4.69, 9.17) is 20.8 Å². The lowest BCUT2D eigenvalue weighted by atomic mass is 10.0. The first-order chi connectivity index (χ1) is 13.8. The maximum Gasteiger partial charge on any atom is 0.340 e. The highest BCUT2D eigenvalue weighted by atomic mass is 35.5. The van der Waals surface area contributed by atoms with Gasteiger partial charge in [0.1, 0.15) is 17.9 Å². The summed E-state index contributed by atoms with van der Waals surface area (Å²) in [6.07, 6.45) is -0.198. The van der Waals surface area contributed by atoms with Crippen molar-refractivity contribution in [3.63, 3.8) is 0 Å². The first-order valence-electron chi connectivity index (χ1n) is 8.49. The summed E-state index contributed by atoms with van der Waals surface area (Å²) < 4.78 is 15.6. The molecule has 0 amide bonds. The number of carbonyl (C=O) groups is 1. The Bertz CT molecular complexity index is 1150. The van der Waals surface area contributed by atoms with Crippen molar-refractivity contribution in [1.82, 2.24) is 0 Å². The van der Waals surface area contributed by atoms with E-state index >= 15 is 0 Å². The second-order valence-corrected chi connectivity index (χ2v) is 6.64. The van der Waals surface area contributed by atoms with Crippen LogP contribution in [0.3, 0.4) is 0 Å². The molecule has 0 spiro atoms. The SMILES string of the molecule is COC(=O)Cc1c(C)c2cc(Cl)c(OCc3ccc([N+](=O)[O-])cc3)cc2oc1=O. The number of fused-ring (bicyclic) bond motifs is 1. The number of esters is 1. The summed E-state index contributed by atoms with van der Waals surface area (Å²) in [7, 11) is 1.24. The number of rotatable bonds is 6. The minimum atomic E-state index is -0.635. The molecule has 1 heterocycles. The lowest BCUT2D eigenvalue weighted by Gasteiger charge is -2.11. The Kier molecular flexibility index (Phi) is 5.84. The summed E-state index contributed by atoms with van der Waals surface area (Å²) in [6, 6.07) is 9.02. The summed E-state index contributed by atoms with van der Waals surface area (Å²) in [5.41, 5.74) is 1.11. The van der Waals surface area contributed by atoms with E-state index in [1.165, 1.54) is 25.3 Å². The zero-order valence-corrected chi connectivity index (χ0v) is 16.3. The molecule has 0 fully saturated rings. The minimum absolute atomic E-state index is 0.0162. The molecule has 3 rings (SSSR count). The number of nitrogens with zero attached hydrogens (tertiary/aromatic N) is 1. The van der Waals surface area contributed by atoms with Crippen LogP contribution >= 0.6 is 11.6 Å². The Morgan fingerprint density at radius 3 is 2.55 bits per heavy atom. The maximum absolute atomic E-state index is 12.3. The number of hydrogen-bond acceptors (Lipinski definition) is 7. The fourth-order valence-corrected chi connectivity index (χ4v) is 3.01. The van der Waals surface area contributed by atoms with Gasteiger partial charge in [-0.15, -0.1) is 0 Å². The number of halogens is 1. The number of carbonyl (C=O) groups excluding carboxylic acids is 1. The average Bonchev–Trinajstić information content (AvgIpc) is 2.70. The third kappa shape index (κ3) is 4.38. The Hall–Kier alpha value is -3.39. The molecule has 0 radical (unpaired) electrons. The predicted molar refractivity (Wildman–Crippen MR) is 105 cm³/mol. The van der Waals surface area contributed by atoms with Gasteiger partial charge in [-0.1, -0.05) is 11.6 Å². The third-order valence-corrected chi connectivity index (χ3v) is 4.73. The van der Waals surface area contributed by atoms with Gasteiger partial charge >= 0.3 is 11.6 Å². The number of methoxy groups -OCH3 is 1. The van der Waals surface area contributed by atoms with Crippen LogP contribution in [0.1, 0.15) is 16.7 Å². The topological polar surface area (TPSA) is 109 Å². The third-order valence-electron chi connectivity index (χ3n) is 4.43. The zero-order valence-electron chi connectivity index (χ0n) is 15.6. The Morgan fingerprint density at radius 2 is 1.93 bits per heavy atom. The standard InChI is InChI=1S/C20H16ClNO7/c1-11-14-7-16(21)18(28-10-12-3-5-13(6-4-12)22(25)26)9-17(14)29-20(24)15(11)8-19(23)27-2/h3-7,9H,8,10H2,1-2H3.